The number of aromatic nitrogens is 1. The predicted octanol–water partition coefficient (Wildman–Crippen LogP) is 3.34. The van der Waals surface area contributed by atoms with Crippen LogP contribution in [-0.4, -0.2) is 17.9 Å². The van der Waals surface area contributed by atoms with Gasteiger partial charge in [0.2, 0.25) is 0 Å². The zero-order valence-electron chi connectivity index (χ0n) is 10.1. The van der Waals surface area contributed by atoms with Gasteiger partial charge in [-0.25, -0.2) is 4.98 Å². The fourth-order valence-electron chi connectivity index (χ4n) is 2.13. The molecule has 0 atom stereocenters. The number of nitrogens with zero attached hydrogens (tertiary/aromatic N) is 1. The average molecular weight is 259 g/mol. The molecule has 0 saturated heterocycles. The summed E-state index contributed by atoms with van der Waals surface area (Å²) < 4.78 is 5.13. The Morgan fingerprint density at radius 1 is 1.22 bits per heavy atom. The molecule has 0 unspecified atom stereocenters. The summed E-state index contributed by atoms with van der Waals surface area (Å²) in [6.45, 7) is 0. The molecule has 0 radical (unpaired) electrons. The first-order valence-electron chi connectivity index (χ1n) is 5.95. The summed E-state index contributed by atoms with van der Waals surface area (Å²) in [4.78, 5) is 17.2. The van der Waals surface area contributed by atoms with Gasteiger partial charge < -0.3 is 4.74 Å². The minimum Gasteiger partial charge on any atom is -0.497 e. The number of carbonyl (C=O) groups is 1. The molecule has 0 aliphatic heterocycles. The maximum absolute atomic E-state index is 11.8. The molecule has 1 aromatic heterocycles. The van der Waals surface area contributed by atoms with Crippen LogP contribution in [0.1, 0.15) is 28.2 Å². The number of benzene rings is 1. The van der Waals surface area contributed by atoms with Crippen LogP contribution in [0, 0.1) is 0 Å². The fraction of sp³-hybridized carbons (Fsp3) is 0.286. The highest BCUT2D eigenvalue weighted by molar-refractivity contribution is 7.17. The van der Waals surface area contributed by atoms with E-state index in [1.165, 1.54) is 11.3 Å². The number of ketones is 1. The summed E-state index contributed by atoms with van der Waals surface area (Å²) in [5.74, 6) is 1.07. The van der Waals surface area contributed by atoms with E-state index in [4.69, 9.17) is 4.74 Å². The molecule has 3 nitrogen and oxygen atoms in total. The van der Waals surface area contributed by atoms with Crippen molar-refractivity contribution in [3.8, 4) is 16.3 Å². The Hall–Kier alpha value is -1.68. The smallest absolute Gasteiger partial charge is 0.174 e. The molecule has 1 aliphatic carbocycles. The second kappa shape index (κ2) is 4.53. The standard InChI is InChI=1S/C14H13NO2S/c1-17-10-7-5-9(6-8-10)14-15-11-3-2-4-12(16)13(11)18-14/h5-8H,2-4H2,1H3. The van der Waals surface area contributed by atoms with Gasteiger partial charge >= 0.3 is 0 Å². The largest absolute Gasteiger partial charge is 0.497 e. The number of thiazole rings is 1. The van der Waals surface area contributed by atoms with Crippen LogP contribution >= 0.6 is 11.3 Å². The minimum absolute atomic E-state index is 0.244. The van der Waals surface area contributed by atoms with Crippen LogP contribution in [-0.2, 0) is 6.42 Å². The summed E-state index contributed by atoms with van der Waals surface area (Å²) in [6.07, 6.45) is 2.52. The Kier molecular flexibility index (Phi) is 2.88. The third-order valence-corrected chi connectivity index (χ3v) is 4.29. The third-order valence-electron chi connectivity index (χ3n) is 3.10. The second-order valence-electron chi connectivity index (χ2n) is 4.30. The average Bonchev–Trinajstić information content (AvgIpc) is 2.84. The number of hydrogen-bond acceptors (Lipinski definition) is 4. The molecule has 2 aromatic rings. The van der Waals surface area contributed by atoms with Crippen LogP contribution in [0.15, 0.2) is 24.3 Å². The van der Waals surface area contributed by atoms with E-state index in [9.17, 15) is 4.79 Å². The van der Waals surface area contributed by atoms with Crippen LogP contribution in [0.25, 0.3) is 10.6 Å². The highest BCUT2D eigenvalue weighted by Crippen LogP contribution is 2.33. The van der Waals surface area contributed by atoms with Gasteiger partial charge in [-0.05, 0) is 37.1 Å². The molecule has 0 N–H and O–H groups in total. The number of aryl methyl sites for hydroxylation is 1. The Labute approximate surface area is 109 Å². The van der Waals surface area contributed by atoms with E-state index < -0.39 is 0 Å². The predicted molar refractivity (Wildman–Crippen MR) is 71.4 cm³/mol. The lowest BCUT2D eigenvalue weighted by Crippen LogP contribution is -2.07. The lowest BCUT2D eigenvalue weighted by Gasteiger charge is -2.06. The number of fused-ring (bicyclic) bond motifs is 1. The third kappa shape index (κ3) is 1.93. The Morgan fingerprint density at radius 2 is 2.00 bits per heavy atom. The van der Waals surface area contributed by atoms with E-state index in [2.05, 4.69) is 4.98 Å². The normalized spacial score (nSPS) is 14.4. The first kappa shape index (κ1) is 11.4. The van der Waals surface area contributed by atoms with Gasteiger partial charge in [0.15, 0.2) is 5.78 Å². The minimum atomic E-state index is 0.244. The number of hydrogen-bond donors (Lipinski definition) is 0. The summed E-state index contributed by atoms with van der Waals surface area (Å²) in [5, 5.41) is 0.929. The molecule has 0 amide bonds. The molecule has 0 bridgehead atoms. The quantitative estimate of drug-likeness (QED) is 0.830. The summed E-state index contributed by atoms with van der Waals surface area (Å²) in [5.41, 5.74) is 2.02. The van der Waals surface area contributed by atoms with Crippen molar-refractivity contribution in [1.29, 1.82) is 0 Å². The monoisotopic (exact) mass is 259 g/mol. The molecule has 4 heteroatoms. The van der Waals surface area contributed by atoms with Crippen molar-refractivity contribution in [3.05, 3.63) is 34.8 Å². The SMILES string of the molecule is COc1ccc(-c2nc3c(s2)C(=O)CCC3)cc1. The van der Waals surface area contributed by atoms with Gasteiger partial charge in [-0.3, -0.25) is 4.79 Å². The molecule has 3 rings (SSSR count). The molecular formula is C14H13NO2S. The van der Waals surface area contributed by atoms with Crippen LogP contribution < -0.4 is 4.74 Å². The van der Waals surface area contributed by atoms with E-state index in [-0.39, 0.29) is 5.78 Å². The van der Waals surface area contributed by atoms with E-state index in [0.29, 0.717) is 6.42 Å². The highest BCUT2D eigenvalue weighted by atomic mass is 32.1. The van der Waals surface area contributed by atoms with Crippen LogP contribution in [0.5, 0.6) is 5.75 Å². The number of carbonyl (C=O) groups excluding carboxylic acids is 1. The molecular weight excluding hydrogens is 246 g/mol. The van der Waals surface area contributed by atoms with Crippen molar-refractivity contribution in [3.63, 3.8) is 0 Å². The lowest BCUT2D eigenvalue weighted by atomic mass is 10.0. The fourth-order valence-corrected chi connectivity index (χ4v) is 3.21. The second-order valence-corrected chi connectivity index (χ2v) is 5.30. The van der Waals surface area contributed by atoms with E-state index >= 15 is 0 Å². The first-order chi connectivity index (χ1) is 8.78. The van der Waals surface area contributed by atoms with Crippen molar-refractivity contribution in [2.24, 2.45) is 0 Å². The van der Waals surface area contributed by atoms with E-state index in [0.717, 1.165) is 39.7 Å². The van der Waals surface area contributed by atoms with E-state index in [1.807, 2.05) is 24.3 Å². The van der Waals surface area contributed by atoms with Crippen molar-refractivity contribution < 1.29 is 9.53 Å². The topological polar surface area (TPSA) is 39.2 Å². The summed E-state index contributed by atoms with van der Waals surface area (Å²) in [7, 11) is 1.65. The maximum Gasteiger partial charge on any atom is 0.174 e. The van der Waals surface area contributed by atoms with Crippen LogP contribution in [0.2, 0.25) is 0 Å². The lowest BCUT2D eigenvalue weighted by molar-refractivity contribution is 0.0976. The van der Waals surface area contributed by atoms with Gasteiger partial charge in [0.05, 0.1) is 17.7 Å². The van der Waals surface area contributed by atoms with Gasteiger partial charge in [-0.2, -0.15) is 0 Å². The Morgan fingerprint density at radius 3 is 2.67 bits per heavy atom. The molecule has 0 fully saturated rings. The number of rotatable bonds is 2. The van der Waals surface area contributed by atoms with Crippen molar-refractivity contribution in [2.45, 2.75) is 19.3 Å². The number of ether oxygens (including phenoxy) is 1. The molecule has 0 saturated carbocycles. The summed E-state index contributed by atoms with van der Waals surface area (Å²) >= 11 is 1.51. The van der Waals surface area contributed by atoms with E-state index in [1.54, 1.807) is 7.11 Å². The molecule has 92 valence electrons. The molecule has 18 heavy (non-hydrogen) atoms. The van der Waals surface area contributed by atoms with Crippen LogP contribution in [0.4, 0.5) is 0 Å². The molecule has 1 heterocycles. The van der Waals surface area contributed by atoms with Crippen molar-refractivity contribution >= 4 is 17.1 Å². The number of Topliss-reactive ketones (excluding diaryl/α,β-unsaturated/α-hetero) is 1. The maximum atomic E-state index is 11.8. The van der Waals surface area contributed by atoms with Crippen LogP contribution in [0.3, 0.4) is 0 Å². The number of methoxy groups -OCH3 is 1. The molecule has 1 aliphatic rings. The van der Waals surface area contributed by atoms with Crippen molar-refractivity contribution in [1.82, 2.24) is 4.98 Å². The Bertz CT molecular complexity index is 586. The molecule has 0 spiro atoms. The van der Waals surface area contributed by atoms with Gasteiger partial charge in [0.25, 0.3) is 0 Å². The summed E-state index contributed by atoms with van der Waals surface area (Å²) in [6, 6.07) is 7.79. The van der Waals surface area contributed by atoms with Gasteiger partial charge in [-0.15, -0.1) is 11.3 Å². The molecule has 1 aromatic carbocycles. The van der Waals surface area contributed by atoms with Gasteiger partial charge in [-0.1, -0.05) is 0 Å². The Balaban J connectivity index is 1.99. The zero-order chi connectivity index (χ0) is 12.5. The highest BCUT2D eigenvalue weighted by Gasteiger charge is 2.22. The van der Waals surface area contributed by atoms with Crippen molar-refractivity contribution in [2.75, 3.05) is 7.11 Å². The first-order valence-corrected chi connectivity index (χ1v) is 6.77. The zero-order valence-corrected chi connectivity index (χ0v) is 10.9. The van der Waals surface area contributed by atoms with Gasteiger partial charge in [0.1, 0.15) is 10.8 Å². The van der Waals surface area contributed by atoms with Gasteiger partial charge in [0, 0.05) is 12.0 Å².